The Morgan fingerprint density at radius 3 is 2.50 bits per heavy atom. The van der Waals surface area contributed by atoms with Crippen molar-refractivity contribution in [3.8, 4) is 0 Å². The van der Waals surface area contributed by atoms with Crippen molar-refractivity contribution in [2.45, 2.75) is 52.0 Å². The molecular formula is C22H28N4O2. The zero-order valence-electron chi connectivity index (χ0n) is 16.5. The van der Waals surface area contributed by atoms with Gasteiger partial charge in [-0.25, -0.2) is 4.79 Å². The van der Waals surface area contributed by atoms with Crippen LogP contribution in [-0.2, 0) is 4.79 Å². The summed E-state index contributed by atoms with van der Waals surface area (Å²) < 4.78 is 0. The molecule has 2 aromatic rings. The van der Waals surface area contributed by atoms with Crippen LogP contribution in [0.25, 0.3) is 0 Å². The van der Waals surface area contributed by atoms with E-state index in [0.717, 1.165) is 43.4 Å². The largest absolute Gasteiger partial charge is 0.330 e. The van der Waals surface area contributed by atoms with Crippen LogP contribution in [0, 0.1) is 12.8 Å². The van der Waals surface area contributed by atoms with E-state index >= 15 is 0 Å². The van der Waals surface area contributed by atoms with Crippen molar-refractivity contribution in [3.63, 3.8) is 0 Å². The number of aromatic nitrogens is 1. The molecule has 1 aromatic heterocycles. The van der Waals surface area contributed by atoms with Gasteiger partial charge in [0.1, 0.15) is 0 Å². The summed E-state index contributed by atoms with van der Waals surface area (Å²) >= 11 is 0. The van der Waals surface area contributed by atoms with Crippen LogP contribution in [-0.4, -0.2) is 16.9 Å². The van der Waals surface area contributed by atoms with Gasteiger partial charge in [-0.05, 0) is 62.1 Å². The molecule has 0 radical (unpaired) electrons. The second kappa shape index (κ2) is 9.35. The molecule has 6 nitrogen and oxygen atoms in total. The fraction of sp³-hybridized carbons (Fsp3) is 0.409. The number of nitrogens with one attached hydrogen (secondary N) is 3. The third-order valence-corrected chi connectivity index (χ3v) is 5.12. The van der Waals surface area contributed by atoms with Crippen molar-refractivity contribution in [1.29, 1.82) is 0 Å². The molecule has 148 valence electrons. The van der Waals surface area contributed by atoms with Crippen LogP contribution in [0.4, 0.5) is 16.2 Å². The summed E-state index contributed by atoms with van der Waals surface area (Å²) in [4.78, 5) is 29.1. The van der Waals surface area contributed by atoms with Crippen molar-refractivity contribution in [2.24, 2.45) is 5.92 Å². The standard InChI is InChI=1S/C22H28N4O2/c1-3-19(20-13-15(2)11-12-23-20)26-22(28)25-18-10-6-9-17(14-18)24-21(27)16-7-4-5-8-16/h6,9-14,16,19H,3-5,7-8H2,1-2H3,(H,24,27)(H2,25,26,28)/t19-/m1/s1. The zero-order valence-corrected chi connectivity index (χ0v) is 16.5. The molecule has 1 aliphatic carbocycles. The predicted molar refractivity (Wildman–Crippen MR) is 111 cm³/mol. The summed E-state index contributed by atoms with van der Waals surface area (Å²) in [5.41, 5.74) is 3.28. The second-order valence-electron chi connectivity index (χ2n) is 7.37. The van der Waals surface area contributed by atoms with Crippen LogP contribution >= 0.6 is 0 Å². The average molecular weight is 380 g/mol. The van der Waals surface area contributed by atoms with Gasteiger partial charge in [0.25, 0.3) is 0 Å². The number of rotatable bonds is 6. The Balaban J connectivity index is 1.59. The highest BCUT2D eigenvalue weighted by atomic mass is 16.2. The summed E-state index contributed by atoms with van der Waals surface area (Å²) in [6.45, 7) is 4.01. The van der Waals surface area contributed by atoms with Crippen LogP contribution in [0.3, 0.4) is 0 Å². The Bertz CT molecular complexity index is 831. The molecule has 1 atom stereocenters. The maximum atomic E-state index is 12.4. The number of carbonyl (C=O) groups is 2. The Labute approximate surface area is 166 Å². The highest BCUT2D eigenvalue weighted by Crippen LogP contribution is 2.26. The number of hydrogen-bond acceptors (Lipinski definition) is 3. The Morgan fingerprint density at radius 1 is 1.11 bits per heavy atom. The van der Waals surface area contributed by atoms with Crippen molar-refractivity contribution >= 4 is 23.3 Å². The number of benzene rings is 1. The minimum Gasteiger partial charge on any atom is -0.330 e. The number of amides is 3. The fourth-order valence-electron chi connectivity index (χ4n) is 3.57. The topological polar surface area (TPSA) is 83.1 Å². The minimum atomic E-state index is -0.297. The Kier molecular flexibility index (Phi) is 6.63. The van der Waals surface area contributed by atoms with E-state index < -0.39 is 0 Å². The van der Waals surface area contributed by atoms with E-state index in [-0.39, 0.29) is 23.9 Å². The summed E-state index contributed by atoms with van der Waals surface area (Å²) in [5, 5.41) is 8.77. The van der Waals surface area contributed by atoms with Gasteiger partial charge in [-0.1, -0.05) is 25.8 Å². The molecule has 28 heavy (non-hydrogen) atoms. The number of urea groups is 1. The zero-order chi connectivity index (χ0) is 19.9. The number of anilines is 2. The molecule has 0 bridgehead atoms. The van der Waals surface area contributed by atoms with E-state index in [9.17, 15) is 9.59 Å². The molecule has 0 aliphatic heterocycles. The number of carbonyl (C=O) groups excluding carboxylic acids is 2. The summed E-state index contributed by atoms with van der Waals surface area (Å²) in [5.74, 6) is 0.169. The van der Waals surface area contributed by atoms with Gasteiger partial charge >= 0.3 is 6.03 Å². The van der Waals surface area contributed by atoms with Gasteiger partial charge in [-0.2, -0.15) is 0 Å². The quantitative estimate of drug-likeness (QED) is 0.674. The smallest absolute Gasteiger partial charge is 0.319 e. The first kappa shape index (κ1) is 19.9. The first-order valence-electron chi connectivity index (χ1n) is 9.96. The van der Waals surface area contributed by atoms with E-state index in [1.165, 1.54) is 0 Å². The highest BCUT2D eigenvalue weighted by molar-refractivity contribution is 5.94. The van der Waals surface area contributed by atoms with Gasteiger partial charge in [0.15, 0.2) is 0 Å². The van der Waals surface area contributed by atoms with Gasteiger partial charge in [-0.15, -0.1) is 0 Å². The van der Waals surface area contributed by atoms with Crippen molar-refractivity contribution in [1.82, 2.24) is 10.3 Å². The van der Waals surface area contributed by atoms with Gasteiger partial charge in [0.05, 0.1) is 11.7 Å². The Hall–Kier alpha value is -2.89. The molecule has 0 unspecified atom stereocenters. The molecule has 1 aliphatic rings. The van der Waals surface area contributed by atoms with Gasteiger partial charge in [0.2, 0.25) is 5.91 Å². The summed E-state index contributed by atoms with van der Waals surface area (Å²) in [7, 11) is 0. The maximum absolute atomic E-state index is 12.4. The second-order valence-corrected chi connectivity index (χ2v) is 7.37. The van der Waals surface area contributed by atoms with E-state index in [1.807, 2.05) is 38.1 Å². The van der Waals surface area contributed by atoms with E-state index in [0.29, 0.717) is 11.4 Å². The molecular weight excluding hydrogens is 352 g/mol. The molecule has 3 rings (SSSR count). The van der Waals surface area contributed by atoms with Gasteiger partial charge in [-0.3, -0.25) is 9.78 Å². The van der Waals surface area contributed by atoms with Crippen LogP contribution in [0.1, 0.15) is 56.3 Å². The van der Waals surface area contributed by atoms with E-state index in [2.05, 4.69) is 20.9 Å². The third-order valence-electron chi connectivity index (χ3n) is 5.12. The normalized spacial score (nSPS) is 15.1. The number of aryl methyl sites for hydroxylation is 1. The van der Waals surface area contributed by atoms with E-state index in [1.54, 1.807) is 18.3 Å². The lowest BCUT2D eigenvalue weighted by atomic mass is 10.1. The maximum Gasteiger partial charge on any atom is 0.319 e. The van der Waals surface area contributed by atoms with Crippen molar-refractivity contribution < 1.29 is 9.59 Å². The lowest BCUT2D eigenvalue weighted by Gasteiger charge is -2.18. The Morgan fingerprint density at radius 2 is 1.82 bits per heavy atom. The third kappa shape index (κ3) is 5.31. The number of nitrogens with zero attached hydrogens (tertiary/aromatic N) is 1. The van der Waals surface area contributed by atoms with Gasteiger partial charge < -0.3 is 16.0 Å². The fourth-order valence-corrected chi connectivity index (χ4v) is 3.57. The monoisotopic (exact) mass is 380 g/mol. The molecule has 1 aromatic carbocycles. The summed E-state index contributed by atoms with van der Waals surface area (Å²) in [6.07, 6.45) is 6.64. The van der Waals surface area contributed by atoms with Crippen LogP contribution < -0.4 is 16.0 Å². The number of pyridine rings is 1. The SMILES string of the molecule is CC[C@@H](NC(=O)Nc1cccc(NC(=O)C2CCCC2)c1)c1cc(C)ccn1. The highest BCUT2D eigenvalue weighted by Gasteiger charge is 2.22. The molecule has 3 N–H and O–H groups in total. The first-order valence-corrected chi connectivity index (χ1v) is 9.96. The van der Waals surface area contributed by atoms with Crippen molar-refractivity contribution in [3.05, 3.63) is 53.9 Å². The van der Waals surface area contributed by atoms with Crippen LogP contribution in [0.2, 0.25) is 0 Å². The lowest BCUT2D eigenvalue weighted by Crippen LogP contribution is -2.32. The first-order chi connectivity index (χ1) is 13.5. The molecule has 1 fully saturated rings. The van der Waals surface area contributed by atoms with Gasteiger partial charge in [0, 0.05) is 23.5 Å². The summed E-state index contributed by atoms with van der Waals surface area (Å²) in [6, 6.07) is 10.7. The molecule has 0 spiro atoms. The molecule has 1 saturated carbocycles. The molecule has 1 heterocycles. The van der Waals surface area contributed by atoms with Crippen LogP contribution in [0.15, 0.2) is 42.6 Å². The minimum absolute atomic E-state index is 0.0654. The van der Waals surface area contributed by atoms with E-state index in [4.69, 9.17) is 0 Å². The predicted octanol–water partition coefficient (Wildman–Crippen LogP) is 4.79. The lowest BCUT2D eigenvalue weighted by molar-refractivity contribution is -0.119. The molecule has 3 amide bonds. The number of hydrogen-bond donors (Lipinski definition) is 3. The molecule has 6 heteroatoms. The van der Waals surface area contributed by atoms with Crippen molar-refractivity contribution in [2.75, 3.05) is 10.6 Å². The average Bonchev–Trinajstić information content (AvgIpc) is 3.21. The molecule has 0 saturated heterocycles. The van der Waals surface area contributed by atoms with Crippen LogP contribution in [0.5, 0.6) is 0 Å².